The highest BCUT2D eigenvalue weighted by molar-refractivity contribution is 5.80. The fourth-order valence-electron chi connectivity index (χ4n) is 2.62. The van der Waals surface area contributed by atoms with E-state index in [1.165, 1.54) is 6.92 Å². The standard InChI is InChI=1S/C10H10O7/c1-3(11)14-2-4-5-6(9(12)15-4)8-7(5)16-10(13)17-8/h4-8H,2H2,1H3/t4-,5+,6-,7-,8+/m1/s1. The fourth-order valence-corrected chi connectivity index (χ4v) is 2.62. The van der Waals surface area contributed by atoms with E-state index in [1.54, 1.807) is 0 Å². The van der Waals surface area contributed by atoms with Crippen LogP contribution in [0, 0.1) is 11.8 Å². The van der Waals surface area contributed by atoms with Gasteiger partial charge in [-0.2, -0.15) is 0 Å². The lowest BCUT2D eigenvalue weighted by Crippen LogP contribution is -2.56. The third-order valence-corrected chi connectivity index (χ3v) is 3.36. The summed E-state index contributed by atoms with van der Waals surface area (Å²) in [4.78, 5) is 33.2. The molecule has 3 fully saturated rings. The molecule has 1 aliphatic carbocycles. The molecule has 2 heterocycles. The van der Waals surface area contributed by atoms with Crippen molar-refractivity contribution in [1.29, 1.82) is 0 Å². The summed E-state index contributed by atoms with van der Waals surface area (Å²) in [6, 6.07) is 0. The van der Waals surface area contributed by atoms with Gasteiger partial charge in [0.2, 0.25) is 0 Å². The van der Waals surface area contributed by atoms with Crippen molar-refractivity contribution in [3.8, 4) is 0 Å². The molecule has 92 valence electrons. The minimum absolute atomic E-state index is 0.0109. The van der Waals surface area contributed by atoms with Crippen molar-refractivity contribution in [1.82, 2.24) is 0 Å². The zero-order valence-electron chi connectivity index (χ0n) is 8.95. The summed E-state index contributed by atoms with van der Waals surface area (Å²) in [5.74, 6) is -1.61. The van der Waals surface area contributed by atoms with Gasteiger partial charge in [-0.05, 0) is 0 Å². The van der Waals surface area contributed by atoms with Gasteiger partial charge in [0, 0.05) is 6.92 Å². The third-order valence-electron chi connectivity index (χ3n) is 3.36. The van der Waals surface area contributed by atoms with E-state index in [2.05, 4.69) is 0 Å². The maximum atomic E-state index is 11.5. The SMILES string of the molecule is CC(=O)OC[C@H]1OC(=O)[C@H]2[C@@H]3OC(=O)O[C@@H]3[C@H]21. The Balaban J connectivity index is 1.71. The Kier molecular flexibility index (Phi) is 2.04. The molecule has 2 saturated heterocycles. The molecular weight excluding hydrogens is 232 g/mol. The van der Waals surface area contributed by atoms with Crippen LogP contribution in [-0.2, 0) is 28.5 Å². The highest BCUT2D eigenvalue weighted by Gasteiger charge is 2.70. The number of hydrogen-bond donors (Lipinski definition) is 0. The Morgan fingerprint density at radius 1 is 1.24 bits per heavy atom. The largest absolute Gasteiger partial charge is 0.509 e. The first kappa shape index (κ1) is 10.4. The minimum Gasteiger partial charge on any atom is -0.462 e. The van der Waals surface area contributed by atoms with Gasteiger partial charge in [0.25, 0.3) is 0 Å². The van der Waals surface area contributed by atoms with Crippen molar-refractivity contribution in [3.05, 3.63) is 0 Å². The van der Waals surface area contributed by atoms with Gasteiger partial charge in [-0.1, -0.05) is 0 Å². The topological polar surface area (TPSA) is 88.1 Å². The molecule has 0 amide bonds. The average Bonchev–Trinajstić information content (AvgIpc) is 2.68. The molecule has 17 heavy (non-hydrogen) atoms. The van der Waals surface area contributed by atoms with E-state index >= 15 is 0 Å². The van der Waals surface area contributed by atoms with Crippen LogP contribution in [-0.4, -0.2) is 43.0 Å². The zero-order chi connectivity index (χ0) is 12.2. The first-order chi connectivity index (χ1) is 8.08. The molecule has 0 N–H and O–H groups in total. The summed E-state index contributed by atoms with van der Waals surface area (Å²) in [6.07, 6.45) is -2.30. The molecule has 7 heteroatoms. The van der Waals surface area contributed by atoms with E-state index in [4.69, 9.17) is 18.9 Å². The Bertz CT molecular complexity index is 403. The quantitative estimate of drug-likeness (QED) is 0.482. The predicted octanol–water partition coefficient (Wildman–Crippen LogP) is -0.375. The summed E-state index contributed by atoms with van der Waals surface area (Å²) in [6.45, 7) is 1.26. The molecule has 1 saturated carbocycles. The molecule has 3 aliphatic rings. The molecule has 7 nitrogen and oxygen atoms in total. The van der Waals surface area contributed by atoms with E-state index in [9.17, 15) is 14.4 Å². The van der Waals surface area contributed by atoms with Crippen molar-refractivity contribution in [3.63, 3.8) is 0 Å². The van der Waals surface area contributed by atoms with Crippen LogP contribution in [0.15, 0.2) is 0 Å². The Hall–Kier alpha value is -1.79. The van der Waals surface area contributed by atoms with Crippen molar-refractivity contribution in [2.45, 2.75) is 25.2 Å². The minimum atomic E-state index is -0.756. The number of ether oxygens (including phenoxy) is 4. The lowest BCUT2D eigenvalue weighted by molar-refractivity contribution is -0.152. The number of fused-ring (bicyclic) bond motifs is 4. The van der Waals surface area contributed by atoms with Crippen molar-refractivity contribution in [2.75, 3.05) is 6.61 Å². The van der Waals surface area contributed by atoms with Gasteiger partial charge in [0.05, 0.1) is 5.92 Å². The molecule has 0 unspecified atom stereocenters. The van der Waals surface area contributed by atoms with Gasteiger partial charge in [0.1, 0.15) is 18.6 Å². The first-order valence-corrected chi connectivity index (χ1v) is 5.29. The van der Waals surface area contributed by atoms with Crippen LogP contribution in [0.25, 0.3) is 0 Å². The molecule has 0 aromatic carbocycles. The Labute approximate surface area is 95.9 Å². The molecule has 5 atom stereocenters. The van der Waals surface area contributed by atoms with Crippen LogP contribution >= 0.6 is 0 Å². The van der Waals surface area contributed by atoms with E-state index < -0.39 is 42.3 Å². The predicted molar refractivity (Wildman–Crippen MR) is 48.6 cm³/mol. The number of carbonyl (C=O) groups is 3. The summed E-state index contributed by atoms with van der Waals surface area (Å²) in [5.41, 5.74) is 0. The molecule has 3 rings (SSSR count). The van der Waals surface area contributed by atoms with Crippen molar-refractivity contribution in [2.24, 2.45) is 11.8 Å². The average molecular weight is 242 g/mol. The highest BCUT2D eigenvalue weighted by atomic mass is 16.8. The van der Waals surface area contributed by atoms with Gasteiger partial charge in [-0.3, -0.25) is 9.59 Å². The van der Waals surface area contributed by atoms with Crippen LogP contribution in [0.5, 0.6) is 0 Å². The van der Waals surface area contributed by atoms with E-state index in [0.29, 0.717) is 0 Å². The molecule has 0 aromatic rings. The van der Waals surface area contributed by atoms with Gasteiger partial charge >= 0.3 is 18.1 Å². The summed E-state index contributed by atoms with van der Waals surface area (Å²) < 4.78 is 19.7. The number of cyclic esters (lactones) is 1. The zero-order valence-corrected chi connectivity index (χ0v) is 8.95. The normalized spacial score (nSPS) is 41.6. The first-order valence-electron chi connectivity index (χ1n) is 5.29. The van der Waals surface area contributed by atoms with E-state index in [-0.39, 0.29) is 12.5 Å². The number of rotatable bonds is 2. The molecule has 0 aromatic heterocycles. The van der Waals surface area contributed by atoms with E-state index in [0.717, 1.165) is 0 Å². The van der Waals surface area contributed by atoms with Crippen LogP contribution in [0.4, 0.5) is 4.79 Å². The second kappa shape index (κ2) is 3.35. The number of esters is 2. The molecule has 2 aliphatic heterocycles. The highest BCUT2D eigenvalue weighted by Crippen LogP contribution is 2.50. The fraction of sp³-hybridized carbons (Fsp3) is 0.700. The van der Waals surface area contributed by atoms with Gasteiger partial charge < -0.3 is 18.9 Å². The second-order valence-electron chi connectivity index (χ2n) is 4.30. The van der Waals surface area contributed by atoms with Gasteiger partial charge in [-0.15, -0.1) is 0 Å². The molecule has 0 radical (unpaired) electrons. The van der Waals surface area contributed by atoms with Crippen LogP contribution in [0.3, 0.4) is 0 Å². The Morgan fingerprint density at radius 2 is 1.94 bits per heavy atom. The molecule has 0 bridgehead atoms. The van der Waals surface area contributed by atoms with Crippen LogP contribution < -0.4 is 0 Å². The van der Waals surface area contributed by atoms with Gasteiger partial charge in [0.15, 0.2) is 12.2 Å². The van der Waals surface area contributed by atoms with Crippen LogP contribution in [0.1, 0.15) is 6.92 Å². The van der Waals surface area contributed by atoms with Crippen molar-refractivity contribution >= 4 is 18.1 Å². The van der Waals surface area contributed by atoms with Gasteiger partial charge in [-0.25, -0.2) is 4.79 Å². The molecule has 0 spiro atoms. The maximum Gasteiger partial charge on any atom is 0.509 e. The van der Waals surface area contributed by atoms with Crippen molar-refractivity contribution < 1.29 is 33.3 Å². The summed E-state index contributed by atoms with van der Waals surface area (Å²) in [7, 11) is 0. The third kappa shape index (κ3) is 1.38. The Morgan fingerprint density at radius 3 is 2.65 bits per heavy atom. The van der Waals surface area contributed by atoms with Crippen LogP contribution in [0.2, 0.25) is 0 Å². The lowest BCUT2D eigenvalue weighted by atomic mass is 9.67. The monoisotopic (exact) mass is 242 g/mol. The number of carbonyl (C=O) groups excluding carboxylic acids is 3. The smallest absolute Gasteiger partial charge is 0.462 e. The van der Waals surface area contributed by atoms with E-state index in [1.807, 2.05) is 0 Å². The second-order valence-corrected chi connectivity index (χ2v) is 4.30. The summed E-state index contributed by atoms with van der Waals surface area (Å²) in [5, 5.41) is 0. The summed E-state index contributed by atoms with van der Waals surface area (Å²) >= 11 is 0. The number of hydrogen-bond acceptors (Lipinski definition) is 7. The molecular formula is C10H10O7. The maximum absolute atomic E-state index is 11.5. The lowest BCUT2D eigenvalue weighted by Gasteiger charge is -2.37.